The molecule has 0 saturated heterocycles. The van der Waals surface area contributed by atoms with Crippen molar-refractivity contribution >= 4 is 11.0 Å². The molecule has 0 amide bonds. The van der Waals surface area contributed by atoms with Crippen molar-refractivity contribution in [1.82, 2.24) is 14.5 Å². The first-order valence-electron chi connectivity index (χ1n) is 27.8. The molecule has 9 rings (SSSR count). The number of rotatable bonds is 7. The highest BCUT2D eigenvalue weighted by atomic mass is 16.3. The summed E-state index contributed by atoms with van der Waals surface area (Å²) < 4.78 is 38.6. The molecule has 372 valence electrons. The average Bonchev–Trinajstić information content (AvgIpc) is 3.80. The molecule has 0 fully saturated rings. The lowest BCUT2D eigenvalue weighted by molar-refractivity contribution is 0.446. The number of fused-ring (bicyclic) bond motifs is 1. The van der Waals surface area contributed by atoms with Gasteiger partial charge in [0.2, 0.25) is 0 Å². The first-order chi connectivity index (χ1) is 35.8. The summed E-state index contributed by atoms with van der Waals surface area (Å²) in [7, 11) is 0. The van der Waals surface area contributed by atoms with Crippen LogP contribution >= 0.6 is 0 Å². The summed E-state index contributed by atoms with van der Waals surface area (Å²) in [5.41, 5.74) is 16.3. The number of imidazole rings is 1. The van der Waals surface area contributed by atoms with Crippen molar-refractivity contribution in [3.05, 3.63) is 191 Å². The summed E-state index contributed by atoms with van der Waals surface area (Å²) in [6.07, 6.45) is 1.68. The summed E-state index contributed by atoms with van der Waals surface area (Å²) in [6, 6.07) is 44.4. The Hall–Kier alpha value is -7.04. The summed E-state index contributed by atoms with van der Waals surface area (Å²) in [6.45, 7) is 34.6. The van der Waals surface area contributed by atoms with Crippen LogP contribution < -0.4 is 0 Å². The van der Waals surface area contributed by atoms with E-state index in [4.69, 9.17) is 15.5 Å². The number of aryl methyl sites for hydroxylation is 1. The number of aromatic hydroxyl groups is 1. The van der Waals surface area contributed by atoms with Crippen LogP contribution in [0.3, 0.4) is 0 Å². The third kappa shape index (κ3) is 10.3. The molecule has 0 atom stereocenters. The van der Waals surface area contributed by atoms with E-state index in [1.165, 1.54) is 16.7 Å². The molecule has 0 radical (unpaired) electrons. The molecule has 0 aliphatic rings. The van der Waals surface area contributed by atoms with Gasteiger partial charge in [-0.3, -0.25) is 9.55 Å². The quantitative estimate of drug-likeness (QED) is 0.173. The van der Waals surface area contributed by atoms with E-state index in [1.54, 1.807) is 12.3 Å². The zero-order chi connectivity index (χ0) is 56.1. The van der Waals surface area contributed by atoms with Crippen LogP contribution in [0.2, 0.25) is 0 Å². The van der Waals surface area contributed by atoms with E-state index in [0.29, 0.717) is 28.2 Å². The monoisotopic (exact) mass is 966 g/mol. The highest BCUT2D eigenvalue weighted by Crippen LogP contribution is 2.46. The Balaban J connectivity index is 1.31. The maximum atomic E-state index is 12.6. The Morgan fingerprint density at radius 1 is 0.438 bits per heavy atom. The molecule has 0 unspecified atom stereocenters. The Morgan fingerprint density at radius 3 is 1.62 bits per heavy atom. The maximum Gasteiger partial charge on any atom is 0.149 e. The highest BCUT2D eigenvalue weighted by Gasteiger charge is 2.30. The van der Waals surface area contributed by atoms with E-state index in [9.17, 15) is 5.11 Å². The van der Waals surface area contributed by atoms with Crippen LogP contribution in [0.5, 0.6) is 5.75 Å². The van der Waals surface area contributed by atoms with Gasteiger partial charge in [0.25, 0.3) is 0 Å². The third-order valence-corrected chi connectivity index (χ3v) is 14.2. The Morgan fingerprint density at radius 2 is 1.01 bits per heavy atom. The molecule has 9 aromatic rings. The van der Waals surface area contributed by atoms with Crippen LogP contribution in [0.25, 0.3) is 83.9 Å². The smallest absolute Gasteiger partial charge is 0.149 e. The van der Waals surface area contributed by atoms with Crippen LogP contribution in [-0.2, 0) is 27.1 Å². The molecule has 0 aliphatic heterocycles. The van der Waals surface area contributed by atoms with Crippen molar-refractivity contribution in [1.29, 1.82) is 0 Å². The van der Waals surface area contributed by atoms with E-state index >= 15 is 0 Å². The van der Waals surface area contributed by atoms with Crippen LogP contribution in [0.15, 0.2) is 158 Å². The molecule has 73 heavy (non-hydrogen) atoms. The maximum absolute atomic E-state index is 12.6. The standard InChI is InChI=1S/C69H75N3O/c1-43-33-46(49-37-53(66(5,6)7)40-54(38-49)67(8,9)10)27-30-60(43)72-61-24-20-23-56(62(61)71-64(72)57-41-55(68(11,12)13)42-58(63(57)73)69(14,15)16)50-34-48(44-21-18-17-19-22-44)35-51(36-50)59-39-47(31-32-70-59)45-25-28-52(29-26-45)65(2,3)4/h17-42,73H,1-16H3/i25D,26D,28D,29D. The second kappa shape index (κ2) is 18.5. The minimum Gasteiger partial charge on any atom is -0.507 e. The number of aromatic nitrogens is 3. The van der Waals surface area contributed by atoms with E-state index < -0.39 is 5.41 Å². The second-order valence-corrected chi connectivity index (χ2v) is 25.3. The van der Waals surface area contributed by atoms with Gasteiger partial charge in [0, 0.05) is 22.9 Å². The molecular weight excluding hydrogens is 887 g/mol. The first kappa shape index (κ1) is 45.8. The van der Waals surface area contributed by atoms with E-state index in [2.05, 4.69) is 192 Å². The Bertz CT molecular complexity index is 3710. The van der Waals surface area contributed by atoms with Gasteiger partial charge < -0.3 is 5.11 Å². The molecule has 0 spiro atoms. The molecular formula is C69H75N3O. The zero-order valence-electron chi connectivity index (χ0n) is 50.0. The van der Waals surface area contributed by atoms with E-state index in [-0.39, 0.29) is 57.1 Å². The van der Waals surface area contributed by atoms with Gasteiger partial charge in [-0.05, 0) is 155 Å². The number of benzene rings is 7. The third-order valence-electron chi connectivity index (χ3n) is 14.2. The molecule has 0 bridgehead atoms. The largest absolute Gasteiger partial charge is 0.507 e. The van der Waals surface area contributed by atoms with Crippen molar-refractivity contribution in [3.8, 4) is 78.6 Å². The number of nitrogens with zero attached hydrogens (tertiary/aromatic N) is 3. The number of pyridine rings is 1. The minimum absolute atomic E-state index is 0.0353. The molecule has 4 heteroatoms. The van der Waals surface area contributed by atoms with Gasteiger partial charge in [0.05, 0.1) is 33.5 Å². The molecule has 2 heterocycles. The van der Waals surface area contributed by atoms with E-state index in [1.807, 2.05) is 45.0 Å². The van der Waals surface area contributed by atoms with Gasteiger partial charge in [0.1, 0.15) is 11.6 Å². The second-order valence-electron chi connectivity index (χ2n) is 25.3. The molecule has 2 aromatic heterocycles. The topological polar surface area (TPSA) is 50.9 Å². The minimum atomic E-state index is -0.582. The number of phenolic OH excluding ortho intramolecular Hbond substituents is 1. The zero-order valence-corrected chi connectivity index (χ0v) is 46.0. The lowest BCUT2D eigenvalue weighted by Crippen LogP contribution is -2.17. The van der Waals surface area contributed by atoms with Crippen molar-refractivity contribution in [2.45, 2.75) is 138 Å². The summed E-state index contributed by atoms with van der Waals surface area (Å²) in [5.74, 6) is 0.842. The number of hydrogen-bond donors (Lipinski definition) is 1. The normalized spacial score (nSPS) is 13.5. The SMILES string of the molecule is [2H]c1c([2H])c(C(C)(C)C)c([2H])c([2H])c1-c1ccnc(-c2cc(-c3ccccc3)cc(-c3cccc4c3nc(-c3cc(C(C)(C)C)cc(C(C)(C)C)c3O)n4-c3ccc(-c4cc(C(C)(C)C)cc(C(C)(C)C)c4)cc3C)c2)c1. The van der Waals surface area contributed by atoms with Gasteiger partial charge in [0.15, 0.2) is 0 Å². The number of para-hydroxylation sites is 1. The van der Waals surface area contributed by atoms with Crippen LogP contribution in [0, 0.1) is 6.92 Å². The van der Waals surface area contributed by atoms with Crippen molar-refractivity contribution in [3.63, 3.8) is 0 Å². The highest BCUT2D eigenvalue weighted by molar-refractivity contribution is 5.98. The Labute approximate surface area is 441 Å². The lowest BCUT2D eigenvalue weighted by atomic mass is 9.78. The molecule has 0 saturated carbocycles. The van der Waals surface area contributed by atoms with Crippen LogP contribution in [-0.4, -0.2) is 19.6 Å². The fraction of sp³-hybridized carbons (Fsp3) is 0.304. The first-order valence-corrected chi connectivity index (χ1v) is 25.8. The predicted molar refractivity (Wildman–Crippen MR) is 311 cm³/mol. The molecule has 7 aromatic carbocycles. The van der Waals surface area contributed by atoms with Crippen molar-refractivity contribution in [2.24, 2.45) is 0 Å². The van der Waals surface area contributed by atoms with Gasteiger partial charge in [-0.15, -0.1) is 0 Å². The van der Waals surface area contributed by atoms with Crippen LogP contribution in [0.4, 0.5) is 0 Å². The number of hydrogen-bond acceptors (Lipinski definition) is 3. The van der Waals surface area contributed by atoms with Crippen molar-refractivity contribution in [2.75, 3.05) is 0 Å². The van der Waals surface area contributed by atoms with E-state index in [0.717, 1.165) is 66.8 Å². The predicted octanol–water partition coefficient (Wildman–Crippen LogP) is 18.9. The summed E-state index contributed by atoms with van der Waals surface area (Å²) in [5, 5.41) is 12.6. The molecule has 4 nitrogen and oxygen atoms in total. The van der Waals surface area contributed by atoms with Gasteiger partial charge in [-0.2, -0.15) is 0 Å². The summed E-state index contributed by atoms with van der Waals surface area (Å²) >= 11 is 0. The fourth-order valence-electron chi connectivity index (χ4n) is 9.62. The molecule has 1 N–H and O–H groups in total. The summed E-state index contributed by atoms with van der Waals surface area (Å²) in [4.78, 5) is 10.6. The van der Waals surface area contributed by atoms with Crippen molar-refractivity contribution < 1.29 is 10.6 Å². The number of phenols is 1. The van der Waals surface area contributed by atoms with Gasteiger partial charge in [-0.1, -0.05) is 201 Å². The Kier molecular flexibility index (Phi) is 11.6. The fourth-order valence-corrected chi connectivity index (χ4v) is 9.62. The van der Waals surface area contributed by atoms with Gasteiger partial charge >= 0.3 is 0 Å². The average molecular weight is 966 g/mol. The van der Waals surface area contributed by atoms with Gasteiger partial charge in [-0.25, -0.2) is 4.98 Å². The van der Waals surface area contributed by atoms with Crippen LogP contribution in [0.1, 0.15) is 143 Å². The molecule has 0 aliphatic carbocycles. The lowest BCUT2D eigenvalue weighted by Gasteiger charge is -2.27.